The van der Waals surface area contributed by atoms with Crippen LogP contribution in [-0.2, 0) is 27.2 Å². The fourth-order valence-electron chi connectivity index (χ4n) is 4.93. The Morgan fingerprint density at radius 3 is 2.63 bits per heavy atom. The highest BCUT2D eigenvalue weighted by Crippen LogP contribution is 2.33. The Kier molecular flexibility index (Phi) is 9.93. The minimum absolute atomic E-state index is 0.0956. The standard InChI is InChI=1S/C30H39FN6O4/c1-18-28(38)36-24(16-19-5-3-6-22(15-19)27(32)33)29(39)35-12-4-7-20-10-11-23(31)17-25(20)41-14-13-34-26(21-8-9-21)30(40)37(18)2/h3,5-6,10-11,15,17-18,21,24,26,34H,4,7-9,12-14,16H2,1-2H3,(H3,32,33)(H,35,39)(H,36,38)/t18-,24-,26+/m1/s1. The second-order valence-corrected chi connectivity index (χ2v) is 10.8. The van der Waals surface area contributed by atoms with Gasteiger partial charge >= 0.3 is 0 Å². The molecule has 41 heavy (non-hydrogen) atoms. The van der Waals surface area contributed by atoms with Crippen molar-refractivity contribution in [2.45, 2.75) is 57.2 Å². The van der Waals surface area contributed by atoms with Gasteiger partial charge in [-0.15, -0.1) is 0 Å². The van der Waals surface area contributed by atoms with E-state index in [-0.39, 0.29) is 36.6 Å². The smallest absolute Gasteiger partial charge is 0.243 e. The van der Waals surface area contributed by atoms with Crippen LogP contribution in [0.1, 0.15) is 42.9 Å². The van der Waals surface area contributed by atoms with E-state index in [0.717, 1.165) is 24.0 Å². The number of nitrogens with one attached hydrogen (secondary N) is 4. The van der Waals surface area contributed by atoms with Crippen molar-refractivity contribution in [2.24, 2.45) is 11.7 Å². The molecule has 1 fully saturated rings. The predicted octanol–water partition coefficient (Wildman–Crippen LogP) is 1.49. The van der Waals surface area contributed by atoms with Crippen LogP contribution in [0.2, 0.25) is 0 Å². The van der Waals surface area contributed by atoms with E-state index in [1.165, 1.54) is 17.0 Å². The van der Waals surface area contributed by atoms with Crippen molar-refractivity contribution < 1.29 is 23.5 Å². The van der Waals surface area contributed by atoms with Crippen LogP contribution in [0.3, 0.4) is 0 Å². The Morgan fingerprint density at radius 2 is 1.90 bits per heavy atom. The van der Waals surface area contributed by atoms with Gasteiger partial charge in [0.25, 0.3) is 0 Å². The third-order valence-corrected chi connectivity index (χ3v) is 7.65. The van der Waals surface area contributed by atoms with Crippen LogP contribution in [0.15, 0.2) is 42.5 Å². The molecule has 2 aliphatic rings. The predicted molar refractivity (Wildman–Crippen MR) is 153 cm³/mol. The molecule has 1 saturated carbocycles. The van der Waals surface area contributed by atoms with Gasteiger partial charge in [0.2, 0.25) is 17.7 Å². The second-order valence-electron chi connectivity index (χ2n) is 10.8. The van der Waals surface area contributed by atoms with E-state index >= 15 is 0 Å². The molecular weight excluding hydrogens is 527 g/mol. The molecule has 3 amide bonds. The van der Waals surface area contributed by atoms with Gasteiger partial charge in [0.1, 0.15) is 36.1 Å². The molecule has 0 saturated heterocycles. The first-order valence-electron chi connectivity index (χ1n) is 14.1. The average molecular weight is 567 g/mol. The molecule has 0 aromatic heterocycles. The van der Waals surface area contributed by atoms with Gasteiger partial charge in [-0.1, -0.05) is 24.3 Å². The van der Waals surface area contributed by atoms with Gasteiger partial charge in [0.15, 0.2) is 0 Å². The van der Waals surface area contributed by atoms with Gasteiger partial charge in [0, 0.05) is 38.2 Å². The summed E-state index contributed by atoms with van der Waals surface area (Å²) in [4.78, 5) is 41.5. The zero-order valence-electron chi connectivity index (χ0n) is 23.5. The quantitative estimate of drug-likeness (QED) is 0.280. The number of hydrogen-bond donors (Lipinski definition) is 5. The zero-order chi connectivity index (χ0) is 29.5. The fraction of sp³-hybridized carbons (Fsp3) is 0.467. The summed E-state index contributed by atoms with van der Waals surface area (Å²) >= 11 is 0. The first-order chi connectivity index (χ1) is 19.6. The molecule has 1 heterocycles. The van der Waals surface area contributed by atoms with E-state index in [1.807, 2.05) is 0 Å². The number of carbonyl (C=O) groups is 3. The number of fused-ring (bicyclic) bond motifs is 1. The lowest BCUT2D eigenvalue weighted by Gasteiger charge is -2.30. The molecule has 1 aliphatic carbocycles. The highest BCUT2D eigenvalue weighted by molar-refractivity contribution is 5.95. The third kappa shape index (κ3) is 8.03. The SMILES string of the molecule is C[C@@H]1C(=O)N[C@H](Cc2cccc(C(=N)N)c2)C(=O)NCCCc2ccc(F)cc2OCCN[C@@H](C2CC2)C(=O)N1C. The van der Waals surface area contributed by atoms with E-state index in [1.54, 1.807) is 44.3 Å². The molecule has 0 radical (unpaired) electrons. The lowest BCUT2D eigenvalue weighted by molar-refractivity contribution is -0.141. The maximum atomic E-state index is 14.0. The number of halogens is 1. The lowest BCUT2D eigenvalue weighted by atomic mass is 10.0. The Bertz CT molecular complexity index is 1280. The Morgan fingerprint density at radius 1 is 1.12 bits per heavy atom. The van der Waals surface area contributed by atoms with Gasteiger partial charge in [-0.2, -0.15) is 0 Å². The molecule has 2 aromatic rings. The Labute approximate surface area is 239 Å². The number of amidine groups is 1. The van der Waals surface area contributed by atoms with Gasteiger partial charge in [-0.05, 0) is 61.8 Å². The first-order valence-corrected chi connectivity index (χ1v) is 14.1. The minimum atomic E-state index is -0.920. The number of nitrogens with zero attached hydrogens (tertiary/aromatic N) is 1. The zero-order valence-corrected chi connectivity index (χ0v) is 23.5. The highest BCUT2D eigenvalue weighted by Gasteiger charge is 2.39. The number of hydrogen-bond acceptors (Lipinski definition) is 6. The number of benzene rings is 2. The molecule has 10 nitrogen and oxygen atoms in total. The van der Waals surface area contributed by atoms with E-state index in [9.17, 15) is 18.8 Å². The molecule has 0 spiro atoms. The number of likely N-dealkylation sites (N-methyl/N-ethyl adjacent to an activating group) is 1. The molecule has 11 heteroatoms. The Balaban J connectivity index is 1.57. The van der Waals surface area contributed by atoms with E-state index in [4.69, 9.17) is 15.9 Å². The van der Waals surface area contributed by atoms with Crippen LogP contribution < -0.4 is 26.4 Å². The van der Waals surface area contributed by atoms with Crippen molar-refractivity contribution in [1.29, 1.82) is 5.41 Å². The lowest BCUT2D eigenvalue weighted by Crippen LogP contribution is -2.56. The van der Waals surface area contributed by atoms with Crippen molar-refractivity contribution in [3.05, 3.63) is 65.0 Å². The largest absolute Gasteiger partial charge is 0.492 e. The average Bonchev–Trinajstić information content (AvgIpc) is 3.79. The van der Waals surface area contributed by atoms with Crippen LogP contribution in [0.5, 0.6) is 5.75 Å². The van der Waals surface area contributed by atoms with Gasteiger partial charge < -0.3 is 31.3 Å². The van der Waals surface area contributed by atoms with Gasteiger partial charge in [-0.3, -0.25) is 19.8 Å². The summed E-state index contributed by atoms with van der Waals surface area (Å²) in [6.07, 6.45) is 3.11. The first kappa shape index (κ1) is 30.0. The molecule has 2 aromatic carbocycles. The topological polar surface area (TPSA) is 150 Å². The summed E-state index contributed by atoms with van der Waals surface area (Å²) in [5.41, 5.74) is 7.70. The monoisotopic (exact) mass is 566 g/mol. The number of aryl methyl sites for hydroxylation is 1. The van der Waals surface area contributed by atoms with E-state index in [2.05, 4.69) is 16.0 Å². The van der Waals surface area contributed by atoms with Crippen molar-refractivity contribution in [3.8, 4) is 5.75 Å². The molecule has 0 bridgehead atoms. The summed E-state index contributed by atoms with van der Waals surface area (Å²) in [5.74, 6) is -0.918. The van der Waals surface area contributed by atoms with Crippen molar-refractivity contribution in [2.75, 3.05) is 26.7 Å². The summed E-state index contributed by atoms with van der Waals surface area (Å²) in [5, 5.41) is 16.7. The van der Waals surface area contributed by atoms with Crippen LogP contribution in [0.4, 0.5) is 4.39 Å². The summed E-state index contributed by atoms with van der Waals surface area (Å²) in [6.45, 7) is 2.59. The molecule has 1 aliphatic heterocycles. The number of rotatable bonds is 4. The number of amides is 3. The van der Waals surface area contributed by atoms with Crippen molar-refractivity contribution in [1.82, 2.24) is 20.9 Å². The number of nitrogen functional groups attached to an aromatic ring is 1. The summed E-state index contributed by atoms with van der Waals surface area (Å²) < 4.78 is 19.9. The molecule has 6 N–H and O–H groups in total. The number of nitrogens with two attached hydrogens (primary N) is 1. The summed E-state index contributed by atoms with van der Waals surface area (Å²) in [6, 6.07) is 9.16. The molecule has 0 unspecified atom stereocenters. The van der Waals surface area contributed by atoms with E-state index in [0.29, 0.717) is 37.2 Å². The van der Waals surface area contributed by atoms with Crippen LogP contribution in [0, 0.1) is 17.1 Å². The highest BCUT2D eigenvalue weighted by atomic mass is 19.1. The van der Waals surface area contributed by atoms with Gasteiger partial charge in [0.05, 0.1) is 6.04 Å². The van der Waals surface area contributed by atoms with E-state index < -0.39 is 29.8 Å². The number of ether oxygens (including phenoxy) is 1. The molecule has 4 rings (SSSR count). The third-order valence-electron chi connectivity index (χ3n) is 7.65. The Hall–Kier alpha value is -3.99. The van der Waals surface area contributed by atoms with Crippen LogP contribution in [-0.4, -0.2) is 73.3 Å². The van der Waals surface area contributed by atoms with Crippen LogP contribution >= 0.6 is 0 Å². The maximum Gasteiger partial charge on any atom is 0.243 e. The second kappa shape index (κ2) is 13.6. The normalized spacial score (nSPS) is 23.3. The molecule has 3 atom stereocenters. The maximum absolute atomic E-state index is 14.0. The minimum Gasteiger partial charge on any atom is -0.492 e. The number of carbonyl (C=O) groups excluding carboxylic acids is 3. The molecular formula is C30H39FN6O4. The van der Waals surface area contributed by atoms with Crippen molar-refractivity contribution >= 4 is 23.6 Å². The summed E-state index contributed by atoms with van der Waals surface area (Å²) in [7, 11) is 1.59. The fourth-order valence-corrected chi connectivity index (χ4v) is 4.93. The van der Waals surface area contributed by atoms with Gasteiger partial charge in [-0.25, -0.2) is 4.39 Å². The molecule has 220 valence electrons. The van der Waals surface area contributed by atoms with Crippen LogP contribution in [0.25, 0.3) is 0 Å². The van der Waals surface area contributed by atoms with Crippen molar-refractivity contribution in [3.63, 3.8) is 0 Å².